The van der Waals surface area contributed by atoms with E-state index in [1.54, 1.807) is 6.33 Å². The third-order valence-electron chi connectivity index (χ3n) is 3.96. The van der Waals surface area contributed by atoms with Crippen molar-refractivity contribution in [2.75, 3.05) is 32.5 Å². The van der Waals surface area contributed by atoms with Crippen LogP contribution >= 0.6 is 0 Å². The molecule has 0 aromatic carbocycles. The third kappa shape index (κ3) is 2.47. The fourth-order valence-corrected chi connectivity index (χ4v) is 2.79. The highest BCUT2D eigenvalue weighted by atomic mass is 15.4. The molecule has 1 aliphatic carbocycles. The van der Waals surface area contributed by atoms with Crippen molar-refractivity contribution in [1.82, 2.24) is 19.6 Å². The molecule has 0 saturated carbocycles. The zero-order valence-corrected chi connectivity index (χ0v) is 12.5. The van der Waals surface area contributed by atoms with Crippen LogP contribution in [0.5, 0.6) is 0 Å². The summed E-state index contributed by atoms with van der Waals surface area (Å²) in [6.45, 7) is 4.30. The molecular formula is C14H23N6+. The van der Waals surface area contributed by atoms with Crippen LogP contribution in [0.2, 0.25) is 0 Å². The van der Waals surface area contributed by atoms with E-state index in [0.29, 0.717) is 11.7 Å². The molecule has 1 aliphatic rings. The number of hydrogen-bond donors (Lipinski definition) is 2. The summed E-state index contributed by atoms with van der Waals surface area (Å²) in [6, 6.07) is 0. The van der Waals surface area contributed by atoms with E-state index in [1.165, 1.54) is 22.6 Å². The van der Waals surface area contributed by atoms with Gasteiger partial charge in [-0.25, -0.2) is 4.98 Å². The summed E-state index contributed by atoms with van der Waals surface area (Å²) in [5, 5.41) is 7.87. The molecule has 2 heterocycles. The van der Waals surface area contributed by atoms with Gasteiger partial charge in [0.2, 0.25) is 0 Å². The molecule has 2 aromatic heterocycles. The minimum Gasteiger partial charge on any atom is -0.364 e. The van der Waals surface area contributed by atoms with Gasteiger partial charge in [-0.05, 0) is 25.2 Å². The highest BCUT2D eigenvalue weighted by molar-refractivity contribution is 5.53. The van der Waals surface area contributed by atoms with Crippen LogP contribution in [0, 0.1) is 5.92 Å². The van der Waals surface area contributed by atoms with Crippen LogP contribution < -0.4 is 10.2 Å². The zero-order valence-electron chi connectivity index (χ0n) is 12.5. The van der Waals surface area contributed by atoms with E-state index >= 15 is 0 Å². The van der Waals surface area contributed by atoms with Gasteiger partial charge >= 0.3 is 0 Å². The van der Waals surface area contributed by atoms with Crippen LogP contribution in [0.4, 0.5) is 5.82 Å². The van der Waals surface area contributed by atoms with Crippen molar-refractivity contribution in [1.29, 1.82) is 0 Å². The van der Waals surface area contributed by atoms with Crippen LogP contribution in [-0.4, -0.2) is 46.8 Å². The summed E-state index contributed by atoms with van der Waals surface area (Å²) >= 11 is 0. The highest BCUT2D eigenvalue weighted by Crippen LogP contribution is 2.29. The Balaban J connectivity index is 1.97. The Labute approximate surface area is 119 Å². The Morgan fingerprint density at radius 1 is 1.45 bits per heavy atom. The van der Waals surface area contributed by atoms with Gasteiger partial charge in [0.1, 0.15) is 12.1 Å². The maximum atomic E-state index is 4.67. The molecular weight excluding hydrogens is 252 g/mol. The molecule has 0 bridgehead atoms. The first kappa shape index (κ1) is 13.3. The Hall–Kier alpha value is -1.69. The summed E-state index contributed by atoms with van der Waals surface area (Å²) in [5.41, 5.74) is 2.53. The second kappa shape index (κ2) is 5.36. The fraction of sp³-hybridized carbons (Fsp3) is 0.643. The van der Waals surface area contributed by atoms with Crippen LogP contribution in [0.1, 0.15) is 24.6 Å². The lowest BCUT2D eigenvalue weighted by molar-refractivity contribution is -0.856. The van der Waals surface area contributed by atoms with E-state index in [4.69, 9.17) is 0 Å². The van der Waals surface area contributed by atoms with Gasteiger partial charge in [0.15, 0.2) is 0 Å². The molecule has 2 N–H and O–H groups in total. The Morgan fingerprint density at radius 3 is 3.10 bits per heavy atom. The molecule has 20 heavy (non-hydrogen) atoms. The number of rotatable bonds is 4. The van der Waals surface area contributed by atoms with Crippen molar-refractivity contribution in [3.05, 3.63) is 17.6 Å². The molecule has 0 amide bonds. The van der Waals surface area contributed by atoms with Gasteiger partial charge in [0.25, 0.3) is 5.78 Å². The lowest BCUT2D eigenvalue weighted by Crippen LogP contribution is -3.06. The van der Waals surface area contributed by atoms with Crippen LogP contribution in [-0.2, 0) is 12.8 Å². The topological polar surface area (TPSA) is 59.5 Å². The summed E-state index contributed by atoms with van der Waals surface area (Å²) < 4.78 is 1.85. The Bertz CT molecular complexity index is 603. The van der Waals surface area contributed by atoms with Crippen LogP contribution in [0.15, 0.2) is 6.33 Å². The van der Waals surface area contributed by atoms with E-state index in [9.17, 15) is 0 Å². The molecule has 0 saturated heterocycles. The van der Waals surface area contributed by atoms with Crippen molar-refractivity contribution in [3.8, 4) is 0 Å². The summed E-state index contributed by atoms with van der Waals surface area (Å²) in [7, 11) is 4.33. The smallest absolute Gasteiger partial charge is 0.254 e. The molecule has 0 fully saturated rings. The summed E-state index contributed by atoms with van der Waals surface area (Å²) in [6.07, 6.45) is 4.94. The molecule has 108 valence electrons. The van der Waals surface area contributed by atoms with E-state index in [0.717, 1.165) is 31.7 Å². The third-order valence-corrected chi connectivity index (χ3v) is 3.96. The predicted molar refractivity (Wildman–Crippen MR) is 78.1 cm³/mol. The number of hydrogen-bond acceptors (Lipinski definition) is 4. The average Bonchev–Trinajstić information content (AvgIpc) is 2.85. The zero-order chi connectivity index (χ0) is 14.1. The number of quaternary nitrogens is 1. The number of nitrogens with zero attached hydrogens (tertiary/aromatic N) is 4. The van der Waals surface area contributed by atoms with Crippen molar-refractivity contribution < 1.29 is 4.90 Å². The number of anilines is 1. The van der Waals surface area contributed by atoms with Crippen LogP contribution in [0.25, 0.3) is 5.78 Å². The lowest BCUT2D eigenvalue weighted by Gasteiger charge is -2.23. The first-order valence-corrected chi connectivity index (χ1v) is 7.39. The number of likely N-dealkylation sites (N-methyl/N-ethyl adjacent to an activating group) is 1. The quantitative estimate of drug-likeness (QED) is 0.812. The lowest BCUT2D eigenvalue weighted by atomic mass is 9.88. The van der Waals surface area contributed by atoms with E-state index < -0.39 is 0 Å². The molecule has 1 atom stereocenters. The summed E-state index contributed by atoms with van der Waals surface area (Å²) in [4.78, 5) is 10.4. The number of nitrogens with one attached hydrogen (secondary N) is 2. The Kier molecular flexibility index (Phi) is 3.56. The molecule has 0 spiro atoms. The second-order valence-electron chi connectivity index (χ2n) is 6.09. The monoisotopic (exact) mass is 275 g/mol. The SMILES string of the molecule is C[C@H]1CCc2c(nc3ncnn3c2NCC[NH+](C)C)C1. The highest BCUT2D eigenvalue weighted by Gasteiger charge is 2.22. The predicted octanol–water partition coefficient (Wildman–Crippen LogP) is -0.194. The first-order valence-electron chi connectivity index (χ1n) is 7.39. The molecule has 0 unspecified atom stereocenters. The van der Waals surface area contributed by atoms with Crippen molar-refractivity contribution in [2.24, 2.45) is 5.92 Å². The molecule has 2 aromatic rings. The van der Waals surface area contributed by atoms with Gasteiger partial charge in [-0.2, -0.15) is 14.6 Å². The number of fused-ring (bicyclic) bond motifs is 2. The van der Waals surface area contributed by atoms with E-state index in [1.807, 2.05) is 4.52 Å². The fourth-order valence-electron chi connectivity index (χ4n) is 2.79. The average molecular weight is 275 g/mol. The molecule has 0 aliphatic heterocycles. The van der Waals surface area contributed by atoms with Crippen LogP contribution in [0.3, 0.4) is 0 Å². The van der Waals surface area contributed by atoms with Gasteiger partial charge in [-0.3, -0.25) is 0 Å². The van der Waals surface area contributed by atoms with Gasteiger partial charge in [0, 0.05) is 5.56 Å². The van der Waals surface area contributed by atoms with Gasteiger partial charge in [-0.15, -0.1) is 0 Å². The maximum absolute atomic E-state index is 4.67. The van der Waals surface area contributed by atoms with Gasteiger partial charge in [-0.1, -0.05) is 6.92 Å². The number of aromatic nitrogens is 4. The molecule has 6 heteroatoms. The molecule has 6 nitrogen and oxygen atoms in total. The second-order valence-corrected chi connectivity index (χ2v) is 6.09. The van der Waals surface area contributed by atoms with E-state index in [-0.39, 0.29) is 0 Å². The molecule has 3 rings (SSSR count). The van der Waals surface area contributed by atoms with Crippen molar-refractivity contribution in [3.63, 3.8) is 0 Å². The minimum absolute atomic E-state index is 0.706. The minimum atomic E-state index is 0.706. The normalized spacial score (nSPS) is 18.5. The maximum Gasteiger partial charge on any atom is 0.254 e. The van der Waals surface area contributed by atoms with Gasteiger partial charge < -0.3 is 10.2 Å². The van der Waals surface area contributed by atoms with E-state index in [2.05, 4.69) is 41.4 Å². The largest absolute Gasteiger partial charge is 0.364 e. The summed E-state index contributed by atoms with van der Waals surface area (Å²) in [5.74, 6) is 2.51. The molecule has 0 radical (unpaired) electrons. The van der Waals surface area contributed by atoms with Crippen molar-refractivity contribution >= 4 is 11.6 Å². The standard InChI is InChI=1S/C14H22N6/c1-10-4-5-11-12(8-10)18-14-16-9-17-20(14)13(11)15-6-7-19(2)3/h9-10,15H,4-8H2,1-3H3/p+1/t10-/m0/s1. The first-order chi connectivity index (χ1) is 9.65. The van der Waals surface area contributed by atoms with Crippen molar-refractivity contribution in [2.45, 2.75) is 26.2 Å². The Morgan fingerprint density at radius 2 is 2.30 bits per heavy atom. The van der Waals surface area contributed by atoms with Gasteiger partial charge in [0.05, 0.1) is 32.9 Å².